The van der Waals surface area contributed by atoms with E-state index in [9.17, 15) is 0 Å². The number of nitrogens with zero attached hydrogens (tertiary/aromatic N) is 1. The van der Waals surface area contributed by atoms with Gasteiger partial charge in [-0.1, -0.05) is 13.8 Å². The molecule has 1 N–H and O–H groups in total. The lowest BCUT2D eigenvalue weighted by Crippen LogP contribution is -2.54. The number of hydrogen-bond donors (Lipinski definition) is 1. The van der Waals surface area contributed by atoms with Crippen LogP contribution in [0.15, 0.2) is 0 Å². The molecule has 2 unspecified atom stereocenters. The molecule has 0 aromatic rings. The van der Waals surface area contributed by atoms with Gasteiger partial charge in [-0.25, -0.2) is 0 Å². The fourth-order valence-electron chi connectivity index (χ4n) is 2.12. The summed E-state index contributed by atoms with van der Waals surface area (Å²) in [7, 11) is 0. The van der Waals surface area contributed by atoms with Gasteiger partial charge in [0.1, 0.15) is 0 Å². The molecule has 2 atom stereocenters. The molecule has 1 heterocycles. The first-order chi connectivity index (χ1) is 8.17. The highest BCUT2D eigenvalue weighted by molar-refractivity contribution is 4.82. The third-order valence-electron chi connectivity index (χ3n) is 3.15. The predicted octanol–water partition coefficient (Wildman–Crippen LogP) is 1.11. The number of nitrogens with one attached hydrogen (secondary N) is 1. The normalized spacial score (nSPS) is 24.2. The first-order valence-electron chi connectivity index (χ1n) is 6.86. The van der Waals surface area contributed by atoms with Gasteiger partial charge in [-0.3, -0.25) is 4.90 Å². The first-order valence-corrected chi connectivity index (χ1v) is 6.86. The number of morpholine rings is 1. The maximum atomic E-state index is 5.87. The van der Waals surface area contributed by atoms with Crippen molar-refractivity contribution in [2.75, 3.05) is 39.4 Å². The Kier molecular flexibility index (Phi) is 7.04. The van der Waals surface area contributed by atoms with E-state index in [2.05, 4.69) is 37.9 Å². The minimum atomic E-state index is 0.252. The van der Waals surface area contributed by atoms with E-state index >= 15 is 0 Å². The van der Waals surface area contributed by atoms with Crippen LogP contribution >= 0.6 is 0 Å². The lowest BCUT2D eigenvalue weighted by Gasteiger charge is -2.37. The average Bonchev–Trinajstić information content (AvgIpc) is 2.34. The Balaban J connectivity index is 2.44. The second-order valence-corrected chi connectivity index (χ2v) is 4.85. The van der Waals surface area contributed by atoms with Gasteiger partial charge in [-0.05, 0) is 26.9 Å². The topological polar surface area (TPSA) is 33.7 Å². The Morgan fingerprint density at radius 3 is 2.76 bits per heavy atom. The summed E-state index contributed by atoms with van der Waals surface area (Å²) in [5, 5.41) is 3.48. The van der Waals surface area contributed by atoms with Crippen LogP contribution in [-0.2, 0) is 9.47 Å². The van der Waals surface area contributed by atoms with Gasteiger partial charge in [0.05, 0.1) is 31.5 Å². The molecule has 17 heavy (non-hydrogen) atoms. The van der Waals surface area contributed by atoms with Crippen molar-refractivity contribution in [3.63, 3.8) is 0 Å². The molecule has 0 bridgehead atoms. The summed E-state index contributed by atoms with van der Waals surface area (Å²) < 4.78 is 11.6. The molecule has 0 amide bonds. The van der Waals surface area contributed by atoms with E-state index in [4.69, 9.17) is 9.47 Å². The average molecular weight is 244 g/mol. The fraction of sp³-hybridized carbons (Fsp3) is 1.00. The van der Waals surface area contributed by atoms with Gasteiger partial charge in [0.25, 0.3) is 0 Å². The van der Waals surface area contributed by atoms with Gasteiger partial charge >= 0.3 is 0 Å². The van der Waals surface area contributed by atoms with Gasteiger partial charge in [0.15, 0.2) is 0 Å². The van der Waals surface area contributed by atoms with Crippen molar-refractivity contribution in [3.8, 4) is 0 Å². The van der Waals surface area contributed by atoms with E-state index in [-0.39, 0.29) is 12.2 Å². The fourth-order valence-corrected chi connectivity index (χ4v) is 2.12. The van der Waals surface area contributed by atoms with E-state index in [1.165, 1.54) is 0 Å². The van der Waals surface area contributed by atoms with Crippen molar-refractivity contribution in [2.45, 2.75) is 45.9 Å². The van der Waals surface area contributed by atoms with Crippen LogP contribution in [0.4, 0.5) is 0 Å². The molecule has 1 rings (SSSR count). The summed E-state index contributed by atoms with van der Waals surface area (Å²) in [6.07, 6.45) is 0.532. The zero-order valence-electron chi connectivity index (χ0n) is 11.7. The van der Waals surface area contributed by atoms with E-state index < -0.39 is 0 Å². The molecule has 0 aromatic heterocycles. The van der Waals surface area contributed by atoms with Crippen LogP contribution in [0.3, 0.4) is 0 Å². The molecule has 0 spiro atoms. The third kappa shape index (κ3) is 5.34. The molecule has 0 saturated carbocycles. The number of hydrogen-bond acceptors (Lipinski definition) is 4. The summed E-state index contributed by atoms with van der Waals surface area (Å²) in [6.45, 7) is 14.2. The van der Waals surface area contributed by atoms with Crippen LogP contribution in [0.25, 0.3) is 0 Å². The van der Waals surface area contributed by atoms with Crippen LogP contribution in [0.2, 0.25) is 0 Å². The maximum absolute atomic E-state index is 5.87. The van der Waals surface area contributed by atoms with Crippen LogP contribution in [0.1, 0.15) is 27.7 Å². The molecule has 1 saturated heterocycles. The molecule has 1 fully saturated rings. The quantitative estimate of drug-likeness (QED) is 0.727. The van der Waals surface area contributed by atoms with Gasteiger partial charge in [-0.15, -0.1) is 0 Å². The van der Waals surface area contributed by atoms with Crippen molar-refractivity contribution in [3.05, 3.63) is 0 Å². The molecule has 102 valence electrons. The third-order valence-corrected chi connectivity index (χ3v) is 3.15. The van der Waals surface area contributed by atoms with Crippen molar-refractivity contribution in [2.24, 2.45) is 0 Å². The molecule has 0 aromatic carbocycles. The van der Waals surface area contributed by atoms with Crippen LogP contribution in [0, 0.1) is 0 Å². The predicted molar refractivity (Wildman–Crippen MR) is 70.4 cm³/mol. The Morgan fingerprint density at radius 2 is 2.18 bits per heavy atom. The maximum Gasteiger partial charge on any atom is 0.0877 e. The van der Waals surface area contributed by atoms with E-state index in [1.54, 1.807) is 0 Å². The summed E-state index contributed by atoms with van der Waals surface area (Å²) >= 11 is 0. The van der Waals surface area contributed by atoms with Gasteiger partial charge < -0.3 is 14.8 Å². The minimum absolute atomic E-state index is 0.252. The molecule has 4 heteroatoms. The van der Waals surface area contributed by atoms with Crippen molar-refractivity contribution >= 4 is 0 Å². The summed E-state index contributed by atoms with van der Waals surface area (Å²) in [6, 6.07) is 0.303. The van der Waals surface area contributed by atoms with E-state index in [0.29, 0.717) is 6.04 Å². The molecule has 1 aliphatic heterocycles. The molecule has 0 radical (unpaired) electrons. The lowest BCUT2D eigenvalue weighted by molar-refractivity contribution is -0.0652. The van der Waals surface area contributed by atoms with E-state index in [0.717, 1.165) is 39.4 Å². The van der Waals surface area contributed by atoms with Crippen molar-refractivity contribution in [1.82, 2.24) is 10.2 Å². The molecule has 1 aliphatic rings. The highest BCUT2D eigenvalue weighted by Gasteiger charge is 2.27. The van der Waals surface area contributed by atoms with Crippen molar-refractivity contribution in [1.29, 1.82) is 0 Å². The number of rotatable bonds is 7. The van der Waals surface area contributed by atoms with Crippen LogP contribution in [0.5, 0.6) is 0 Å². The van der Waals surface area contributed by atoms with Crippen LogP contribution < -0.4 is 5.32 Å². The number of likely N-dealkylation sites (N-methyl/N-ethyl adjacent to an activating group) is 2. The first kappa shape index (κ1) is 14.9. The molecule has 4 nitrogen and oxygen atoms in total. The smallest absolute Gasteiger partial charge is 0.0877 e. The van der Waals surface area contributed by atoms with Gasteiger partial charge in [0, 0.05) is 13.1 Å². The standard InChI is InChI=1S/C13H28N2O2/c1-5-14-12(10-17-11(3)4)13-9-15(6-2)7-8-16-13/h11-14H,5-10H2,1-4H3. The number of ether oxygens (including phenoxy) is 2. The van der Waals surface area contributed by atoms with Crippen LogP contribution in [-0.4, -0.2) is 62.5 Å². The van der Waals surface area contributed by atoms with E-state index in [1.807, 2.05) is 0 Å². The van der Waals surface area contributed by atoms with Gasteiger partial charge in [0.2, 0.25) is 0 Å². The summed E-state index contributed by atoms with van der Waals surface area (Å²) in [4.78, 5) is 2.44. The molecule has 0 aliphatic carbocycles. The monoisotopic (exact) mass is 244 g/mol. The lowest BCUT2D eigenvalue weighted by atomic mass is 10.1. The zero-order chi connectivity index (χ0) is 12.7. The highest BCUT2D eigenvalue weighted by Crippen LogP contribution is 2.10. The SMILES string of the molecule is CCNC(COC(C)C)C1CN(CC)CCO1. The Morgan fingerprint density at radius 1 is 1.41 bits per heavy atom. The zero-order valence-corrected chi connectivity index (χ0v) is 11.7. The summed E-state index contributed by atoms with van der Waals surface area (Å²) in [5.41, 5.74) is 0. The molecular weight excluding hydrogens is 216 g/mol. The minimum Gasteiger partial charge on any atom is -0.377 e. The van der Waals surface area contributed by atoms with Gasteiger partial charge in [-0.2, -0.15) is 0 Å². The summed E-state index contributed by atoms with van der Waals surface area (Å²) in [5.74, 6) is 0. The molecular formula is C13H28N2O2. The second-order valence-electron chi connectivity index (χ2n) is 4.85. The Labute approximate surface area is 106 Å². The van der Waals surface area contributed by atoms with Crippen molar-refractivity contribution < 1.29 is 9.47 Å². The highest BCUT2D eigenvalue weighted by atomic mass is 16.5. The largest absolute Gasteiger partial charge is 0.377 e. The second kappa shape index (κ2) is 8.03. The Hall–Kier alpha value is -0.160. The Bertz CT molecular complexity index is 200.